The van der Waals surface area contributed by atoms with Crippen molar-refractivity contribution in [1.82, 2.24) is 13.9 Å². The number of hydrogen-bond donors (Lipinski definition) is 0. The molecule has 0 N–H and O–H groups in total. The second-order valence-corrected chi connectivity index (χ2v) is 9.58. The van der Waals surface area contributed by atoms with Crippen LogP contribution in [0.2, 0.25) is 5.28 Å². The number of fused-ring (bicyclic) bond motifs is 1. The van der Waals surface area contributed by atoms with E-state index in [0.29, 0.717) is 11.0 Å². The standard InChI is InChI=1S/C19H14ClFN4O4S/c1-19(8-3-5-13(10-19)16-14(21)11-22-18(20)23-16)30(28,29)24-9-7-12-4-2-6-15(17(12)24)25(26)27/h2-9,11H,10H2,1H3. The normalized spacial score (nSPS) is 19.1. The molecule has 1 aromatic carbocycles. The van der Waals surface area contributed by atoms with Crippen molar-refractivity contribution in [3.63, 3.8) is 0 Å². The molecule has 1 atom stereocenters. The molecule has 154 valence electrons. The van der Waals surface area contributed by atoms with E-state index in [1.807, 2.05) is 0 Å². The number of allylic oxidation sites excluding steroid dienone is 3. The number of halogens is 2. The Morgan fingerprint density at radius 1 is 1.33 bits per heavy atom. The van der Waals surface area contributed by atoms with E-state index in [4.69, 9.17) is 11.6 Å². The second kappa shape index (κ2) is 6.99. The second-order valence-electron chi connectivity index (χ2n) is 6.96. The largest absolute Gasteiger partial charge is 0.294 e. The van der Waals surface area contributed by atoms with Crippen LogP contribution in [0.15, 0.2) is 54.9 Å². The molecule has 0 bridgehead atoms. The molecule has 8 nitrogen and oxygen atoms in total. The maximum atomic E-state index is 14.2. The predicted molar refractivity (Wildman–Crippen MR) is 110 cm³/mol. The number of nitrogens with zero attached hydrogens (tertiary/aromatic N) is 4. The summed E-state index contributed by atoms with van der Waals surface area (Å²) >= 11 is 5.77. The summed E-state index contributed by atoms with van der Waals surface area (Å²) < 4.78 is 40.8. The number of benzene rings is 1. The minimum absolute atomic E-state index is 0.0236. The van der Waals surface area contributed by atoms with Gasteiger partial charge in [-0.3, -0.25) is 10.1 Å². The van der Waals surface area contributed by atoms with Crippen LogP contribution in [0.3, 0.4) is 0 Å². The van der Waals surface area contributed by atoms with Crippen LogP contribution in [-0.4, -0.2) is 32.0 Å². The molecule has 3 aromatic rings. The molecule has 0 fully saturated rings. The SMILES string of the molecule is CC1(S(=O)(=O)n2ccc3cccc([N+](=O)[O-])c32)C=CC=C(c2nc(Cl)ncc2F)C1. The molecule has 2 heterocycles. The van der Waals surface area contributed by atoms with Gasteiger partial charge in [-0.25, -0.2) is 26.7 Å². The molecule has 4 rings (SSSR count). The van der Waals surface area contributed by atoms with E-state index in [1.54, 1.807) is 12.1 Å². The number of rotatable bonds is 4. The van der Waals surface area contributed by atoms with Crippen molar-refractivity contribution in [2.75, 3.05) is 0 Å². The van der Waals surface area contributed by atoms with Crippen LogP contribution >= 0.6 is 11.6 Å². The average molecular weight is 449 g/mol. The average Bonchev–Trinajstić information content (AvgIpc) is 3.14. The van der Waals surface area contributed by atoms with Gasteiger partial charge in [0.2, 0.25) is 15.3 Å². The quantitative estimate of drug-likeness (QED) is 0.337. The lowest BCUT2D eigenvalue weighted by Gasteiger charge is -2.30. The van der Waals surface area contributed by atoms with Crippen LogP contribution < -0.4 is 0 Å². The first-order chi connectivity index (χ1) is 14.1. The molecule has 0 saturated heterocycles. The van der Waals surface area contributed by atoms with Crippen molar-refractivity contribution in [2.45, 2.75) is 18.1 Å². The number of nitro benzene ring substituents is 1. The molecule has 0 saturated carbocycles. The molecule has 0 radical (unpaired) electrons. The summed E-state index contributed by atoms with van der Waals surface area (Å²) in [7, 11) is -4.18. The number of non-ortho nitro benzene ring substituents is 1. The molecule has 1 unspecified atom stereocenters. The smallest absolute Gasteiger partial charge is 0.258 e. The lowest BCUT2D eigenvalue weighted by Crippen LogP contribution is -2.38. The maximum Gasteiger partial charge on any atom is 0.294 e. The zero-order valence-corrected chi connectivity index (χ0v) is 17.1. The van der Waals surface area contributed by atoms with Gasteiger partial charge in [-0.1, -0.05) is 30.4 Å². The number of hydrogen-bond acceptors (Lipinski definition) is 6. The molecule has 0 spiro atoms. The predicted octanol–water partition coefficient (Wildman–Crippen LogP) is 4.11. The minimum atomic E-state index is -4.18. The highest BCUT2D eigenvalue weighted by atomic mass is 35.5. The Balaban J connectivity index is 1.84. The Labute approximate surface area is 175 Å². The van der Waals surface area contributed by atoms with Gasteiger partial charge in [-0.05, 0) is 36.6 Å². The molecular formula is C19H14ClFN4O4S. The molecule has 11 heteroatoms. The Hall–Kier alpha value is -3.11. The third-order valence-corrected chi connectivity index (χ3v) is 7.47. The third-order valence-electron chi connectivity index (χ3n) is 5.01. The van der Waals surface area contributed by atoms with E-state index in [9.17, 15) is 22.9 Å². The van der Waals surface area contributed by atoms with Gasteiger partial charge in [0.1, 0.15) is 16.0 Å². The highest BCUT2D eigenvalue weighted by Crippen LogP contribution is 2.39. The monoisotopic (exact) mass is 448 g/mol. The van der Waals surface area contributed by atoms with E-state index in [-0.39, 0.29) is 28.6 Å². The van der Waals surface area contributed by atoms with Gasteiger partial charge in [-0.15, -0.1) is 0 Å². The van der Waals surface area contributed by atoms with E-state index in [0.717, 1.165) is 10.2 Å². The van der Waals surface area contributed by atoms with E-state index < -0.39 is 25.5 Å². The van der Waals surface area contributed by atoms with E-state index in [2.05, 4.69) is 9.97 Å². The Kier molecular flexibility index (Phi) is 4.70. The zero-order valence-electron chi connectivity index (χ0n) is 15.5. The van der Waals surface area contributed by atoms with Gasteiger partial charge in [0.05, 0.1) is 11.1 Å². The fraction of sp³-hybridized carbons (Fsp3) is 0.158. The zero-order chi connectivity index (χ0) is 21.7. The molecule has 0 amide bonds. The topological polar surface area (TPSA) is 108 Å². The summed E-state index contributed by atoms with van der Waals surface area (Å²) in [5.74, 6) is -0.734. The van der Waals surface area contributed by atoms with E-state index >= 15 is 0 Å². The summed E-state index contributed by atoms with van der Waals surface area (Å²) in [6.45, 7) is 1.47. The van der Waals surface area contributed by atoms with Crippen LogP contribution in [0.1, 0.15) is 19.0 Å². The van der Waals surface area contributed by atoms with Crippen molar-refractivity contribution < 1.29 is 17.7 Å². The van der Waals surface area contributed by atoms with Gasteiger partial charge < -0.3 is 0 Å². The van der Waals surface area contributed by atoms with Gasteiger partial charge in [-0.2, -0.15) is 0 Å². The highest BCUT2D eigenvalue weighted by molar-refractivity contribution is 7.91. The first kappa shape index (κ1) is 20.2. The Morgan fingerprint density at radius 3 is 2.83 bits per heavy atom. The maximum absolute atomic E-state index is 14.2. The number of aromatic nitrogens is 3. The fourth-order valence-electron chi connectivity index (χ4n) is 3.49. The van der Waals surface area contributed by atoms with Crippen LogP contribution in [0.5, 0.6) is 0 Å². The van der Waals surface area contributed by atoms with Crippen LogP contribution in [0, 0.1) is 15.9 Å². The van der Waals surface area contributed by atoms with Gasteiger partial charge in [0.15, 0.2) is 5.82 Å². The first-order valence-electron chi connectivity index (χ1n) is 8.70. The van der Waals surface area contributed by atoms with Crippen molar-refractivity contribution in [3.8, 4) is 0 Å². The highest BCUT2D eigenvalue weighted by Gasteiger charge is 2.42. The Bertz CT molecular complexity index is 1370. The summed E-state index contributed by atoms with van der Waals surface area (Å²) in [5, 5.41) is 11.7. The minimum Gasteiger partial charge on any atom is -0.258 e. The van der Waals surface area contributed by atoms with Gasteiger partial charge in [0.25, 0.3) is 5.69 Å². The summed E-state index contributed by atoms with van der Waals surface area (Å²) in [6, 6.07) is 5.83. The number of nitro groups is 1. The van der Waals surface area contributed by atoms with Crippen LogP contribution in [-0.2, 0) is 10.0 Å². The van der Waals surface area contributed by atoms with Crippen molar-refractivity contribution in [2.24, 2.45) is 0 Å². The summed E-state index contributed by atoms with van der Waals surface area (Å²) in [6.07, 6.45) is 6.59. The number of para-hydroxylation sites is 1. The molecule has 30 heavy (non-hydrogen) atoms. The molecule has 2 aromatic heterocycles. The Morgan fingerprint density at radius 2 is 2.10 bits per heavy atom. The first-order valence-corrected chi connectivity index (χ1v) is 10.5. The fourth-order valence-corrected chi connectivity index (χ4v) is 5.32. The van der Waals surface area contributed by atoms with Crippen LogP contribution in [0.25, 0.3) is 16.5 Å². The van der Waals surface area contributed by atoms with Crippen molar-refractivity contribution >= 4 is 43.8 Å². The van der Waals surface area contributed by atoms with E-state index in [1.165, 1.54) is 43.5 Å². The third kappa shape index (κ3) is 3.08. The summed E-state index contributed by atoms with van der Waals surface area (Å²) in [4.78, 5) is 18.3. The lowest BCUT2D eigenvalue weighted by molar-refractivity contribution is -0.383. The molecule has 1 aliphatic carbocycles. The molecule has 1 aliphatic rings. The summed E-state index contributed by atoms with van der Waals surface area (Å²) in [5.41, 5.74) is -0.126. The van der Waals surface area contributed by atoms with Gasteiger partial charge >= 0.3 is 0 Å². The molecule has 0 aliphatic heterocycles. The molecular weight excluding hydrogens is 435 g/mol. The van der Waals surface area contributed by atoms with Crippen molar-refractivity contribution in [1.29, 1.82) is 0 Å². The van der Waals surface area contributed by atoms with Crippen molar-refractivity contribution in [3.05, 3.63) is 81.8 Å². The van der Waals surface area contributed by atoms with Crippen LogP contribution in [0.4, 0.5) is 10.1 Å². The lowest BCUT2D eigenvalue weighted by atomic mass is 9.93. The van der Waals surface area contributed by atoms with Gasteiger partial charge in [0, 0.05) is 17.6 Å².